The highest BCUT2D eigenvalue weighted by Crippen LogP contribution is 2.32. The van der Waals surface area contributed by atoms with Gasteiger partial charge in [-0.15, -0.1) is 0 Å². The van der Waals surface area contributed by atoms with Crippen LogP contribution in [0.15, 0.2) is 0 Å². The molecular formula is C11H17F2N3O. The summed E-state index contributed by atoms with van der Waals surface area (Å²) in [5.41, 5.74) is 5.71. The van der Waals surface area contributed by atoms with Gasteiger partial charge in [-0.3, -0.25) is 4.79 Å². The van der Waals surface area contributed by atoms with E-state index < -0.39 is 36.9 Å². The molecule has 4 nitrogen and oxygen atoms in total. The molecule has 0 aromatic rings. The van der Waals surface area contributed by atoms with Gasteiger partial charge in [0.1, 0.15) is 6.04 Å². The largest absolute Gasteiger partial charge is 0.320 e. The lowest BCUT2D eigenvalue weighted by atomic mass is 9.99. The molecule has 0 aromatic heterocycles. The zero-order valence-electron chi connectivity index (χ0n) is 9.99. The Morgan fingerprint density at radius 2 is 2.29 bits per heavy atom. The number of carbonyl (C=O) groups is 1. The van der Waals surface area contributed by atoms with Crippen molar-refractivity contribution >= 4 is 5.91 Å². The highest BCUT2D eigenvalue weighted by atomic mass is 19.3. The first-order chi connectivity index (χ1) is 7.82. The van der Waals surface area contributed by atoms with E-state index in [9.17, 15) is 13.6 Å². The number of hydrogen-bond donors (Lipinski definition) is 1. The number of halogens is 2. The van der Waals surface area contributed by atoms with Crippen molar-refractivity contribution in [3.05, 3.63) is 0 Å². The van der Waals surface area contributed by atoms with E-state index in [1.807, 2.05) is 6.92 Å². The van der Waals surface area contributed by atoms with Gasteiger partial charge >= 0.3 is 0 Å². The number of nitrogens with two attached hydrogens (primary N) is 1. The third-order valence-electron chi connectivity index (χ3n) is 3.24. The summed E-state index contributed by atoms with van der Waals surface area (Å²) in [7, 11) is 0. The molecule has 0 radical (unpaired) electrons. The molecule has 3 atom stereocenters. The van der Waals surface area contributed by atoms with Crippen molar-refractivity contribution < 1.29 is 13.6 Å². The molecule has 1 heterocycles. The fraction of sp³-hybridized carbons (Fsp3) is 0.818. The monoisotopic (exact) mass is 245 g/mol. The maximum atomic E-state index is 13.2. The molecule has 1 amide bonds. The molecule has 0 aromatic carbocycles. The van der Waals surface area contributed by atoms with Gasteiger partial charge in [0.25, 0.3) is 5.92 Å². The Kier molecular flexibility index (Phi) is 4.04. The average Bonchev–Trinajstić information content (AvgIpc) is 2.61. The van der Waals surface area contributed by atoms with E-state index in [4.69, 9.17) is 11.0 Å². The SMILES string of the molecule is CC[C@H](C)[C@H](N)C(=O)N1CC(F)(F)C[C@H]1C#N. The molecule has 96 valence electrons. The first-order valence-corrected chi connectivity index (χ1v) is 5.66. The molecule has 17 heavy (non-hydrogen) atoms. The molecule has 6 heteroatoms. The Hall–Kier alpha value is -1.22. The van der Waals surface area contributed by atoms with Crippen molar-refractivity contribution in [1.82, 2.24) is 4.90 Å². The zero-order valence-corrected chi connectivity index (χ0v) is 9.99. The molecule has 1 aliphatic heterocycles. The Balaban J connectivity index is 2.79. The highest BCUT2D eigenvalue weighted by Gasteiger charge is 2.48. The minimum absolute atomic E-state index is 0.0870. The Morgan fingerprint density at radius 1 is 1.71 bits per heavy atom. The molecule has 1 fully saturated rings. The second-order valence-electron chi connectivity index (χ2n) is 4.58. The van der Waals surface area contributed by atoms with E-state index in [2.05, 4.69) is 0 Å². The molecule has 0 aliphatic carbocycles. The lowest BCUT2D eigenvalue weighted by molar-refractivity contribution is -0.135. The summed E-state index contributed by atoms with van der Waals surface area (Å²) in [5, 5.41) is 8.78. The van der Waals surface area contributed by atoms with Gasteiger partial charge in [0.2, 0.25) is 5.91 Å². The van der Waals surface area contributed by atoms with Crippen LogP contribution in [0.4, 0.5) is 8.78 Å². The Morgan fingerprint density at radius 3 is 2.76 bits per heavy atom. The van der Waals surface area contributed by atoms with Crippen LogP contribution in [0.25, 0.3) is 0 Å². The first kappa shape index (κ1) is 13.8. The summed E-state index contributed by atoms with van der Waals surface area (Å²) < 4.78 is 26.3. The van der Waals surface area contributed by atoms with Crippen molar-refractivity contribution in [2.45, 2.75) is 44.7 Å². The summed E-state index contributed by atoms with van der Waals surface area (Å²) in [5.74, 6) is -3.62. The van der Waals surface area contributed by atoms with Crippen molar-refractivity contribution in [3.8, 4) is 6.07 Å². The second kappa shape index (κ2) is 4.96. The number of likely N-dealkylation sites (tertiary alicyclic amines) is 1. The third-order valence-corrected chi connectivity index (χ3v) is 3.24. The minimum Gasteiger partial charge on any atom is -0.320 e. The van der Waals surface area contributed by atoms with Gasteiger partial charge in [0.15, 0.2) is 0 Å². The average molecular weight is 245 g/mol. The summed E-state index contributed by atoms with van der Waals surface area (Å²) in [4.78, 5) is 12.8. The molecule has 0 saturated carbocycles. The predicted octanol–water partition coefficient (Wildman–Crippen LogP) is 1.12. The van der Waals surface area contributed by atoms with E-state index in [1.54, 1.807) is 13.0 Å². The van der Waals surface area contributed by atoms with Gasteiger partial charge in [-0.25, -0.2) is 8.78 Å². The number of hydrogen-bond acceptors (Lipinski definition) is 3. The number of rotatable bonds is 3. The summed E-state index contributed by atoms with van der Waals surface area (Å²) in [6, 6.07) is -0.146. The van der Waals surface area contributed by atoms with Crippen LogP contribution in [0.3, 0.4) is 0 Å². The maximum absolute atomic E-state index is 13.2. The van der Waals surface area contributed by atoms with Crippen LogP contribution in [0.2, 0.25) is 0 Å². The van der Waals surface area contributed by atoms with Gasteiger partial charge < -0.3 is 10.6 Å². The van der Waals surface area contributed by atoms with E-state index in [1.165, 1.54) is 0 Å². The van der Waals surface area contributed by atoms with Crippen LogP contribution in [-0.4, -0.2) is 35.4 Å². The van der Waals surface area contributed by atoms with E-state index >= 15 is 0 Å². The van der Waals surface area contributed by atoms with Crippen LogP contribution in [0.5, 0.6) is 0 Å². The van der Waals surface area contributed by atoms with Crippen LogP contribution < -0.4 is 5.73 Å². The number of nitriles is 1. The molecular weight excluding hydrogens is 228 g/mol. The first-order valence-electron chi connectivity index (χ1n) is 5.66. The Labute approximate surface area is 99.4 Å². The van der Waals surface area contributed by atoms with Crippen LogP contribution in [-0.2, 0) is 4.79 Å². The van der Waals surface area contributed by atoms with Crippen LogP contribution in [0.1, 0.15) is 26.7 Å². The summed E-state index contributed by atoms with van der Waals surface area (Å²) >= 11 is 0. The van der Waals surface area contributed by atoms with Gasteiger partial charge in [-0.05, 0) is 5.92 Å². The smallest absolute Gasteiger partial charge is 0.268 e. The minimum atomic E-state index is -2.98. The van der Waals surface area contributed by atoms with Crippen LogP contribution in [0, 0.1) is 17.2 Å². The predicted molar refractivity (Wildman–Crippen MR) is 58.1 cm³/mol. The van der Waals surface area contributed by atoms with Gasteiger partial charge in [-0.1, -0.05) is 20.3 Å². The fourth-order valence-corrected chi connectivity index (χ4v) is 1.85. The fourth-order valence-electron chi connectivity index (χ4n) is 1.85. The topological polar surface area (TPSA) is 70.1 Å². The number of amides is 1. The number of carbonyl (C=O) groups excluding carboxylic acids is 1. The number of nitrogens with zero attached hydrogens (tertiary/aromatic N) is 2. The maximum Gasteiger partial charge on any atom is 0.268 e. The lowest BCUT2D eigenvalue weighted by Crippen LogP contribution is -2.49. The molecule has 1 saturated heterocycles. The van der Waals surface area contributed by atoms with Gasteiger partial charge in [0, 0.05) is 6.42 Å². The summed E-state index contributed by atoms with van der Waals surface area (Å²) in [6.07, 6.45) is 0.0941. The Bertz CT molecular complexity index is 340. The standard InChI is InChI=1S/C11H17F2N3O/c1-3-7(2)9(15)10(17)16-6-11(12,13)4-8(16)5-14/h7-9H,3-4,6,15H2,1-2H3/t7-,8-,9-/m0/s1. The third kappa shape index (κ3) is 2.91. The van der Waals surface area contributed by atoms with Crippen molar-refractivity contribution in [1.29, 1.82) is 5.26 Å². The zero-order chi connectivity index (χ0) is 13.2. The van der Waals surface area contributed by atoms with E-state index in [0.717, 1.165) is 4.90 Å². The van der Waals surface area contributed by atoms with Crippen molar-refractivity contribution in [2.75, 3.05) is 6.54 Å². The van der Waals surface area contributed by atoms with Gasteiger partial charge in [-0.2, -0.15) is 5.26 Å². The second-order valence-corrected chi connectivity index (χ2v) is 4.58. The molecule has 0 spiro atoms. The molecule has 1 aliphatic rings. The van der Waals surface area contributed by atoms with E-state index in [0.29, 0.717) is 6.42 Å². The molecule has 1 rings (SSSR count). The normalized spacial score (nSPS) is 26.4. The van der Waals surface area contributed by atoms with E-state index in [-0.39, 0.29) is 5.92 Å². The van der Waals surface area contributed by atoms with Crippen molar-refractivity contribution in [2.24, 2.45) is 11.7 Å². The molecule has 0 unspecified atom stereocenters. The summed E-state index contributed by atoms with van der Waals surface area (Å²) in [6.45, 7) is 2.96. The molecule has 0 bridgehead atoms. The quantitative estimate of drug-likeness (QED) is 0.810. The highest BCUT2D eigenvalue weighted by molar-refractivity contribution is 5.83. The molecule has 2 N–H and O–H groups in total. The number of alkyl halides is 2. The van der Waals surface area contributed by atoms with Gasteiger partial charge in [0.05, 0.1) is 18.7 Å². The lowest BCUT2D eigenvalue weighted by Gasteiger charge is -2.25. The van der Waals surface area contributed by atoms with Crippen LogP contribution >= 0.6 is 0 Å². The van der Waals surface area contributed by atoms with Crippen molar-refractivity contribution in [3.63, 3.8) is 0 Å².